The van der Waals surface area contributed by atoms with Gasteiger partial charge in [0.1, 0.15) is 11.9 Å². The summed E-state index contributed by atoms with van der Waals surface area (Å²) in [5, 5.41) is 7.38. The molecule has 0 radical (unpaired) electrons. The number of nitrogens with two attached hydrogens (primary N) is 1. The number of aryl methyl sites for hydroxylation is 2. The van der Waals surface area contributed by atoms with Gasteiger partial charge in [-0.05, 0) is 37.1 Å². The molecule has 3 N–H and O–H groups in total. The minimum Gasteiger partial charge on any atom is -0.385 e. The van der Waals surface area contributed by atoms with Gasteiger partial charge in [0.05, 0.1) is 11.5 Å². The highest BCUT2D eigenvalue weighted by Gasteiger charge is 2.32. The fraction of sp³-hybridized carbons (Fsp3) is 0.462. The monoisotopic (exact) mass is 297 g/mol. The Bertz CT molecular complexity index is 628. The number of benzene rings is 1. The van der Waals surface area contributed by atoms with Gasteiger partial charge in [-0.3, -0.25) is 5.41 Å². The van der Waals surface area contributed by atoms with Crippen LogP contribution in [0.4, 0.5) is 0 Å². The van der Waals surface area contributed by atoms with Crippen molar-refractivity contribution in [2.75, 3.05) is 19.7 Å². The molecule has 1 atom stereocenters. The molecule has 110 valence electrons. The van der Waals surface area contributed by atoms with Gasteiger partial charge in [0.2, 0.25) is 10.0 Å². The van der Waals surface area contributed by atoms with Crippen LogP contribution in [0.1, 0.15) is 11.1 Å². The number of ether oxygens (including phenoxy) is 1. The van der Waals surface area contributed by atoms with E-state index in [1.807, 2.05) is 13.8 Å². The maximum Gasteiger partial charge on any atom is 0.243 e. The molecular formula is C13H19N3O3S. The summed E-state index contributed by atoms with van der Waals surface area (Å²) in [7, 11) is -3.57. The smallest absolute Gasteiger partial charge is 0.243 e. The number of amidine groups is 1. The van der Waals surface area contributed by atoms with Gasteiger partial charge in [0, 0.05) is 13.1 Å². The van der Waals surface area contributed by atoms with E-state index < -0.39 is 16.1 Å². The molecule has 0 saturated carbocycles. The van der Waals surface area contributed by atoms with Crippen LogP contribution in [0.3, 0.4) is 0 Å². The molecule has 1 aromatic rings. The second-order valence-electron chi connectivity index (χ2n) is 4.92. The van der Waals surface area contributed by atoms with Crippen molar-refractivity contribution in [3.8, 4) is 0 Å². The van der Waals surface area contributed by atoms with E-state index in [0.717, 1.165) is 11.1 Å². The third-order valence-corrected chi connectivity index (χ3v) is 5.35. The zero-order valence-corrected chi connectivity index (χ0v) is 12.4. The van der Waals surface area contributed by atoms with Crippen LogP contribution in [0.15, 0.2) is 23.1 Å². The molecule has 1 aliphatic heterocycles. The Labute approximate surface area is 119 Å². The van der Waals surface area contributed by atoms with Crippen molar-refractivity contribution in [3.05, 3.63) is 29.3 Å². The van der Waals surface area contributed by atoms with Crippen molar-refractivity contribution in [1.82, 2.24) is 4.31 Å². The third-order valence-electron chi connectivity index (χ3n) is 3.49. The van der Waals surface area contributed by atoms with E-state index in [9.17, 15) is 8.42 Å². The van der Waals surface area contributed by atoms with E-state index in [2.05, 4.69) is 0 Å². The van der Waals surface area contributed by atoms with E-state index in [1.165, 1.54) is 4.31 Å². The largest absolute Gasteiger partial charge is 0.385 e. The fourth-order valence-electron chi connectivity index (χ4n) is 2.06. The zero-order chi connectivity index (χ0) is 14.9. The summed E-state index contributed by atoms with van der Waals surface area (Å²) in [4.78, 5) is 0.268. The van der Waals surface area contributed by atoms with Gasteiger partial charge in [-0.25, -0.2) is 8.42 Å². The molecule has 0 bridgehead atoms. The number of hydrogen-bond acceptors (Lipinski definition) is 4. The highest BCUT2D eigenvalue weighted by molar-refractivity contribution is 7.89. The second kappa shape index (κ2) is 5.51. The Morgan fingerprint density at radius 2 is 2.10 bits per heavy atom. The molecule has 6 nitrogen and oxygen atoms in total. The van der Waals surface area contributed by atoms with E-state index in [0.29, 0.717) is 0 Å². The Morgan fingerprint density at radius 1 is 1.40 bits per heavy atom. The summed E-state index contributed by atoms with van der Waals surface area (Å²) in [6.07, 6.45) is -0.662. The van der Waals surface area contributed by atoms with Gasteiger partial charge < -0.3 is 10.5 Å². The molecular weight excluding hydrogens is 278 g/mol. The first kappa shape index (κ1) is 15.0. The van der Waals surface area contributed by atoms with Gasteiger partial charge in [-0.1, -0.05) is 6.07 Å². The van der Waals surface area contributed by atoms with Gasteiger partial charge >= 0.3 is 0 Å². The van der Waals surface area contributed by atoms with Crippen molar-refractivity contribution in [3.63, 3.8) is 0 Å². The molecule has 20 heavy (non-hydrogen) atoms. The molecule has 0 aliphatic carbocycles. The molecule has 0 aromatic heterocycles. The highest BCUT2D eigenvalue weighted by Crippen LogP contribution is 2.21. The van der Waals surface area contributed by atoms with E-state index >= 15 is 0 Å². The van der Waals surface area contributed by atoms with Crippen LogP contribution in [-0.2, 0) is 14.8 Å². The molecule has 1 unspecified atom stereocenters. The summed E-state index contributed by atoms with van der Waals surface area (Å²) in [5.74, 6) is -0.148. The molecule has 1 fully saturated rings. The first-order chi connectivity index (χ1) is 9.32. The Morgan fingerprint density at radius 3 is 2.70 bits per heavy atom. The molecule has 1 aliphatic rings. The van der Waals surface area contributed by atoms with Crippen LogP contribution in [0.2, 0.25) is 0 Å². The topological polar surface area (TPSA) is 96.5 Å². The van der Waals surface area contributed by atoms with Crippen LogP contribution in [0.5, 0.6) is 0 Å². The maximum absolute atomic E-state index is 12.6. The lowest BCUT2D eigenvalue weighted by molar-refractivity contribution is 0.0368. The maximum atomic E-state index is 12.6. The van der Waals surface area contributed by atoms with Crippen molar-refractivity contribution in [2.24, 2.45) is 5.73 Å². The summed E-state index contributed by atoms with van der Waals surface area (Å²) >= 11 is 0. The number of nitrogens with one attached hydrogen (secondary N) is 1. The number of hydrogen-bond donors (Lipinski definition) is 2. The van der Waals surface area contributed by atoms with Crippen molar-refractivity contribution >= 4 is 15.9 Å². The Hall–Kier alpha value is -1.44. The number of sulfonamides is 1. The van der Waals surface area contributed by atoms with Crippen LogP contribution < -0.4 is 5.73 Å². The Kier molecular flexibility index (Phi) is 4.12. The van der Waals surface area contributed by atoms with Crippen molar-refractivity contribution < 1.29 is 13.2 Å². The van der Waals surface area contributed by atoms with E-state index in [-0.39, 0.29) is 30.4 Å². The van der Waals surface area contributed by atoms with Gasteiger partial charge in [-0.15, -0.1) is 0 Å². The average molecular weight is 297 g/mol. The van der Waals surface area contributed by atoms with Crippen LogP contribution in [-0.4, -0.2) is 44.4 Å². The van der Waals surface area contributed by atoms with Crippen LogP contribution >= 0.6 is 0 Å². The molecule has 0 amide bonds. The standard InChI is InChI=1S/C13H19N3O3S/c1-9-3-4-11(7-10(9)2)20(17,18)16-5-6-19-12(8-16)13(14)15/h3-4,7,12H,5-6,8H2,1-2H3,(H3,14,15). The fourth-order valence-corrected chi connectivity index (χ4v) is 3.57. The Balaban J connectivity index is 2.29. The summed E-state index contributed by atoms with van der Waals surface area (Å²) in [5.41, 5.74) is 7.37. The van der Waals surface area contributed by atoms with E-state index in [1.54, 1.807) is 18.2 Å². The molecule has 1 saturated heterocycles. The molecule has 7 heteroatoms. The average Bonchev–Trinajstić information content (AvgIpc) is 2.42. The van der Waals surface area contributed by atoms with Crippen LogP contribution in [0.25, 0.3) is 0 Å². The number of rotatable bonds is 3. The van der Waals surface area contributed by atoms with Gasteiger partial charge in [0.25, 0.3) is 0 Å². The SMILES string of the molecule is Cc1ccc(S(=O)(=O)N2CCOC(C(=N)N)C2)cc1C. The quantitative estimate of drug-likeness (QED) is 0.631. The lowest BCUT2D eigenvalue weighted by Crippen LogP contribution is -2.50. The summed E-state index contributed by atoms with van der Waals surface area (Å²) in [6, 6.07) is 5.07. The van der Waals surface area contributed by atoms with Crippen LogP contribution in [0, 0.1) is 19.3 Å². The minimum absolute atomic E-state index is 0.0879. The zero-order valence-electron chi connectivity index (χ0n) is 11.6. The predicted octanol–water partition coefficient (Wildman–Crippen LogP) is 0.629. The minimum atomic E-state index is -3.57. The molecule has 0 spiro atoms. The first-order valence-corrected chi connectivity index (χ1v) is 7.79. The number of nitrogens with zero attached hydrogens (tertiary/aromatic N) is 1. The normalized spacial score (nSPS) is 20.8. The summed E-state index contributed by atoms with van der Waals surface area (Å²) < 4.78 is 31.8. The summed E-state index contributed by atoms with van der Waals surface area (Å²) in [6.45, 7) is 4.43. The molecule has 1 aromatic carbocycles. The number of morpholine rings is 1. The van der Waals surface area contributed by atoms with E-state index in [4.69, 9.17) is 15.9 Å². The highest BCUT2D eigenvalue weighted by atomic mass is 32.2. The second-order valence-corrected chi connectivity index (χ2v) is 6.86. The first-order valence-electron chi connectivity index (χ1n) is 6.35. The van der Waals surface area contributed by atoms with Gasteiger partial charge in [0.15, 0.2) is 0 Å². The predicted molar refractivity (Wildman–Crippen MR) is 76.3 cm³/mol. The van der Waals surface area contributed by atoms with Crippen molar-refractivity contribution in [1.29, 1.82) is 5.41 Å². The molecule has 2 rings (SSSR count). The van der Waals surface area contributed by atoms with Gasteiger partial charge in [-0.2, -0.15) is 4.31 Å². The lowest BCUT2D eigenvalue weighted by atomic mass is 10.1. The van der Waals surface area contributed by atoms with Crippen molar-refractivity contribution in [2.45, 2.75) is 24.8 Å². The molecule has 1 heterocycles. The third kappa shape index (κ3) is 2.84. The lowest BCUT2D eigenvalue weighted by Gasteiger charge is -2.31.